The monoisotopic (exact) mass is 545 g/mol. The number of aromatic nitrogens is 1. The smallest absolute Gasteiger partial charge is 0.407 e. The summed E-state index contributed by atoms with van der Waals surface area (Å²) < 4.78 is 15.8. The van der Waals surface area contributed by atoms with Gasteiger partial charge in [0, 0.05) is 23.5 Å². The molecule has 0 radical (unpaired) electrons. The molecule has 2 N–H and O–H groups in total. The third-order valence-electron chi connectivity index (χ3n) is 6.15. The van der Waals surface area contributed by atoms with E-state index >= 15 is 0 Å². The molecule has 1 aliphatic rings. The predicted molar refractivity (Wildman–Crippen MR) is 148 cm³/mol. The first-order chi connectivity index (χ1) is 17.4. The van der Waals surface area contributed by atoms with Crippen LogP contribution in [0.1, 0.15) is 46.7 Å². The second-order valence-corrected chi connectivity index (χ2v) is 11.6. The van der Waals surface area contributed by atoms with Gasteiger partial charge in [-0.05, 0) is 92.9 Å². The fourth-order valence-corrected chi connectivity index (χ4v) is 6.64. The van der Waals surface area contributed by atoms with E-state index in [1.807, 2.05) is 45.0 Å². The maximum absolute atomic E-state index is 12.3. The Morgan fingerprint density at radius 2 is 2.11 bits per heavy atom. The van der Waals surface area contributed by atoms with Gasteiger partial charge >= 0.3 is 6.09 Å². The van der Waals surface area contributed by atoms with Gasteiger partial charge in [0.15, 0.2) is 0 Å². The van der Waals surface area contributed by atoms with E-state index in [0.717, 1.165) is 41.3 Å². The standard InChI is InChI=1S/C27H32ClN3O3S2/c1-4-33-27(32)31-25-11-9-20-8-10-22(34-13-12-29-36-26-17(2)30-18(3)35-26)16-23(20)24(25)15-19-6-5-7-21(28)14-19/h5-8,10,14,16,24-25,29H,4,9,11-13,15H2,1-3H3,(H,31,32). The zero-order chi connectivity index (χ0) is 25.5. The van der Waals surface area contributed by atoms with Gasteiger partial charge in [0.2, 0.25) is 0 Å². The number of carbonyl (C=O) groups is 1. The van der Waals surface area contributed by atoms with Gasteiger partial charge in [-0.3, -0.25) is 4.72 Å². The minimum Gasteiger partial charge on any atom is -0.492 e. The van der Waals surface area contributed by atoms with Crippen LogP contribution < -0.4 is 14.8 Å². The Hall–Kier alpha value is -2.26. The minimum atomic E-state index is -0.371. The van der Waals surface area contributed by atoms with E-state index in [0.29, 0.717) is 24.8 Å². The number of hydrogen-bond donors (Lipinski definition) is 2. The summed E-state index contributed by atoms with van der Waals surface area (Å²) in [7, 11) is 0. The lowest BCUT2D eigenvalue weighted by molar-refractivity contribution is 0.144. The lowest BCUT2D eigenvalue weighted by Crippen LogP contribution is -2.43. The molecule has 2 unspecified atom stereocenters. The van der Waals surface area contributed by atoms with Gasteiger partial charge in [0.1, 0.15) is 12.4 Å². The average Bonchev–Trinajstić information content (AvgIpc) is 3.17. The van der Waals surface area contributed by atoms with Crippen molar-refractivity contribution >= 4 is 41.0 Å². The highest BCUT2D eigenvalue weighted by Gasteiger charge is 2.31. The molecule has 0 fully saturated rings. The van der Waals surface area contributed by atoms with E-state index in [1.54, 1.807) is 23.3 Å². The van der Waals surface area contributed by atoms with Gasteiger partial charge in [-0.15, -0.1) is 11.3 Å². The highest BCUT2D eigenvalue weighted by atomic mass is 35.5. The number of rotatable bonds is 10. The number of halogens is 1. The molecular formula is C27H32ClN3O3S2. The molecule has 0 spiro atoms. The average molecular weight is 546 g/mol. The molecule has 0 aliphatic heterocycles. The Labute approximate surface area is 226 Å². The second kappa shape index (κ2) is 12.8. The molecule has 1 heterocycles. The zero-order valence-corrected chi connectivity index (χ0v) is 23.2. The highest BCUT2D eigenvalue weighted by Crippen LogP contribution is 2.37. The third kappa shape index (κ3) is 7.16. The lowest BCUT2D eigenvalue weighted by Gasteiger charge is -2.34. The lowest BCUT2D eigenvalue weighted by atomic mass is 9.76. The fourth-order valence-electron chi connectivity index (χ4n) is 4.57. The van der Waals surface area contributed by atoms with Crippen LogP contribution in [0.25, 0.3) is 0 Å². The SMILES string of the molecule is CCOC(=O)NC1CCc2ccc(OCCNSc3sc(C)nc3C)cc2C1Cc1cccc(Cl)c1. The van der Waals surface area contributed by atoms with E-state index < -0.39 is 0 Å². The Morgan fingerprint density at radius 3 is 2.86 bits per heavy atom. The summed E-state index contributed by atoms with van der Waals surface area (Å²) in [5, 5.41) is 4.88. The maximum Gasteiger partial charge on any atom is 0.407 e. The molecule has 1 aliphatic carbocycles. The van der Waals surface area contributed by atoms with Crippen LogP contribution >= 0.6 is 34.9 Å². The summed E-state index contributed by atoms with van der Waals surface area (Å²) in [6.07, 6.45) is 2.14. The van der Waals surface area contributed by atoms with Crippen molar-refractivity contribution < 1.29 is 14.3 Å². The zero-order valence-electron chi connectivity index (χ0n) is 20.8. The number of hydrogen-bond acceptors (Lipinski definition) is 7. The van der Waals surface area contributed by atoms with Crippen molar-refractivity contribution in [3.8, 4) is 5.75 Å². The first-order valence-electron chi connectivity index (χ1n) is 12.2. The van der Waals surface area contributed by atoms with E-state index in [-0.39, 0.29) is 18.1 Å². The molecule has 1 aromatic heterocycles. The number of ether oxygens (including phenoxy) is 2. The van der Waals surface area contributed by atoms with E-state index in [1.165, 1.54) is 15.3 Å². The van der Waals surface area contributed by atoms with E-state index in [9.17, 15) is 4.79 Å². The number of fused-ring (bicyclic) bond motifs is 1. The summed E-state index contributed by atoms with van der Waals surface area (Å²) in [5.74, 6) is 0.921. The second-order valence-electron chi connectivity index (χ2n) is 8.76. The molecule has 1 amide bonds. The van der Waals surface area contributed by atoms with Crippen LogP contribution in [0.2, 0.25) is 5.02 Å². The number of benzene rings is 2. The van der Waals surface area contributed by atoms with E-state index in [4.69, 9.17) is 21.1 Å². The van der Waals surface area contributed by atoms with Gasteiger partial charge in [0.25, 0.3) is 0 Å². The van der Waals surface area contributed by atoms with Crippen LogP contribution in [-0.2, 0) is 17.6 Å². The van der Waals surface area contributed by atoms with Crippen LogP contribution in [0, 0.1) is 13.8 Å². The van der Waals surface area contributed by atoms with Gasteiger partial charge < -0.3 is 14.8 Å². The highest BCUT2D eigenvalue weighted by molar-refractivity contribution is 7.99. The molecule has 3 aromatic rings. The van der Waals surface area contributed by atoms with Crippen LogP contribution in [0.15, 0.2) is 46.7 Å². The normalized spacial score (nSPS) is 16.9. The molecule has 6 nitrogen and oxygen atoms in total. The number of nitrogens with one attached hydrogen (secondary N) is 2. The molecule has 2 aromatic carbocycles. The summed E-state index contributed by atoms with van der Waals surface area (Å²) >= 11 is 9.56. The Kier molecular flexibility index (Phi) is 9.53. The summed E-state index contributed by atoms with van der Waals surface area (Å²) in [4.78, 5) is 16.7. The number of nitrogens with zero attached hydrogens (tertiary/aromatic N) is 1. The van der Waals surface area contributed by atoms with Crippen molar-refractivity contribution in [2.24, 2.45) is 0 Å². The topological polar surface area (TPSA) is 72.5 Å². The summed E-state index contributed by atoms with van der Waals surface area (Å²) in [5.41, 5.74) is 4.69. The fraction of sp³-hybridized carbons (Fsp3) is 0.407. The quantitative estimate of drug-likeness (QED) is 0.224. The van der Waals surface area contributed by atoms with Crippen LogP contribution in [-0.4, -0.2) is 36.9 Å². The molecule has 9 heteroatoms. The molecule has 2 atom stereocenters. The Balaban J connectivity index is 1.44. The summed E-state index contributed by atoms with van der Waals surface area (Å²) in [6.45, 7) is 7.47. The minimum absolute atomic E-state index is 0.0325. The molecule has 192 valence electrons. The van der Waals surface area contributed by atoms with Crippen LogP contribution in [0.5, 0.6) is 5.75 Å². The molecule has 0 saturated heterocycles. The van der Waals surface area contributed by atoms with Gasteiger partial charge in [-0.1, -0.05) is 29.8 Å². The van der Waals surface area contributed by atoms with Gasteiger partial charge in [-0.25, -0.2) is 9.78 Å². The van der Waals surface area contributed by atoms with Crippen LogP contribution in [0.3, 0.4) is 0 Å². The third-order valence-corrected chi connectivity index (χ3v) is 8.58. The number of aryl methyl sites for hydroxylation is 3. The van der Waals surface area contributed by atoms with Crippen molar-refractivity contribution in [1.82, 2.24) is 15.0 Å². The van der Waals surface area contributed by atoms with Crippen molar-refractivity contribution in [2.45, 2.75) is 56.2 Å². The number of amides is 1. The largest absolute Gasteiger partial charge is 0.492 e. The van der Waals surface area contributed by atoms with Crippen molar-refractivity contribution in [3.63, 3.8) is 0 Å². The van der Waals surface area contributed by atoms with Gasteiger partial charge in [0.05, 0.1) is 21.5 Å². The van der Waals surface area contributed by atoms with Crippen molar-refractivity contribution in [1.29, 1.82) is 0 Å². The van der Waals surface area contributed by atoms with Crippen molar-refractivity contribution in [2.75, 3.05) is 19.8 Å². The first kappa shape index (κ1) is 26.8. The number of carbonyl (C=O) groups excluding carboxylic acids is 1. The molecule has 0 saturated carbocycles. The number of thiazole rings is 1. The number of alkyl carbamates (subject to hydrolysis) is 1. The Bertz CT molecular complexity index is 1190. The molecule has 4 rings (SSSR count). The summed E-state index contributed by atoms with van der Waals surface area (Å²) in [6, 6.07) is 14.2. The predicted octanol–water partition coefficient (Wildman–Crippen LogP) is 6.48. The van der Waals surface area contributed by atoms with Crippen molar-refractivity contribution in [3.05, 3.63) is 74.9 Å². The Morgan fingerprint density at radius 1 is 1.25 bits per heavy atom. The van der Waals surface area contributed by atoms with Crippen LogP contribution in [0.4, 0.5) is 4.79 Å². The molecule has 0 bridgehead atoms. The molecule has 36 heavy (non-hydrogen) atoms. The van der Waals surface area contributed by atoms with Gasteiger partial charge in [-0.2, -0.15) is 0 Å². The maximum atomic E-state index is 12.3. The first-order valence-corrected chi connectivity index (χ1v) is 14.2. The van der Waals surface area contributed by atoms with E-state index in [2.05, 4.69) is 33.2 Å². The molecular weight excluding hydrogens is 514 g/mol.